The van der Waals surface area contributed by atoms with Crippen molar-refractivity contribution in [3.8, 4) is 0 Å². The van der Waals surface area contributed by atoms with E-state index in [1.54, 1.807) is 0 Å². The molecule has 132 valence electrons. The summed E-state index contributed by atoms with van der Waals surface area (Å²) in [7, 11) is 0. The van der Waals surface area contributed by atoms with Crippen molar-refractivity contribution in [2.75, 3.05) is 6.61 Å². The fourth-order valence-electron chi connectivity index (χ4n) is 2.14. The van der Waals surface area contributed by atoms with Crippen LogP contribution in [0.25, 0.3) is 0 Å². The summed E-state index contributed by atoms with van der Waals surface area (Å²) < 4.78 is 5.13. The molecule has 0 aromatic heterocycles. The molecule has 1 heterocycles. The van der Waals surface area contributed by atoms with Crippen molar-refractivity contribution in [3.63, 3.8) is 0 Å². The van der Waals surface area contributed by atoms with Gasteiger partial charge in [0.2, 0.25) is 11.7 Å². The fraction of sp³-hybridized carbons (Fsp3) is 0.583. The number of nitrogens with two attached hydrogens (primary N) is 2. The van der Waals surface area contributed by atoms with Gasteiger partial charge in [-0.25, -0.2) is 9.79 Å². The molecule has 0 saturated carbocycles. The Kier molecular flexibility index (Phi) is 9.25. The van der Waals surface area contributed by atoms with Crippen LogP contribution in [-0.4, -0.2) is 75.3 Å². The summed E-state index contributed by atoms with van der Waals surface area (Å²) in [4.78, 5) is 26.3. The summed E-state index contributed by atoms with van der Waals surface area (Å²) in [5.41, 5.74) is 10.6. The van der Waals surface area contributed by atoms with Gasteiger partial charge < -0.3 is 43.4 Å². The molecule has 24 heavy (non-hydrogen) atoms. The third kappa shape index (κ3) is 5.92. The maximum atomic E-state index is 11.4. The summed E-state index contributed by atoms with van der Waals surface area (Å²) in [5.74, 6) is -2.89. The molecule has 0 bridgehead atoms. The second kappa shape index (κ2) is 9.81. The van der Waals surface area contributed by atoms with Crippen LogP contribution in [0, 0.1) is 0 Å². The largest absolute Gasteiger partial charge is 1.00 e. The van der Waals surface area contributed by atoms with E-state index >= 15 is 0 Å². The minimum atomic E-state index is -1.70. The van der Waals surface area contributed by atoms with Crippen molar-refractivity contribution in [3.05, 3.63) is 11.8 Å². The molecule has 12 heteroatoms. The summed E-state index contributed by atoms with van der Waals surface area (Å²) in [6, 6.07) is -2.11. The van der Waals surface area contributed by atoms with Gasteiger partial charge in [-0.15, -0.1) is 0 Å². The molecule has 2 unspecified atom stereocenters. The van der Waals surface area contributed by atoms with Crippen LogP contribution in [0.1, 0.15) is 8.35 Å². The Labute approximate surface area is 161 Å². The minimum absolute atomic E-state index is 0. The number of amides is 1. The number of hydrogen-bond donors (Lipinski definition) is 7. The van der Waals surface area contributed by atoms with Crippen LogP contribution in [-0.2, 0) is 14.3 Å². The third-order valence-electron chi connectivity index (χ3n) is 3.10. The number of aliphatic imine (C=N–C) groups is 1. The van der Waals surface area contributed by atoms with Crippen molar-refractivity contribution in [1.82, 2.24) is 5.32 Å². The molecule has 11 nitrogen and oxygen atoms in total. The van der Waals surface area contributed by atoms with E-state index in [4.69, 9.17) is 26.4 Å². The average Bonchev–Trinajstić information content (AvgIpc) is 2.45. The summed E-state index contributed by atoms with van der Waals surface area (Å²) in [6.45, 7) is 0.391. The Hall–Kier alpha value is -1.37. The molecule has 0 radical (unpaired) electrons. The number of nitrogens with zero attached hydrogens (tertiary/aromatic N) is 1. The van der Waals surface area contributed by atoms with Crippen LogP contribution in [0.15, 0.2) is 16.8 Å². The van der Waals surface area contributed by atoms with E-state index in [2.05, 4.69) is 10.3 Å². The maximum absolute atomic E-state index is 11.4. The number of guanidine groups is 1. The molecule has 9 N–H and O–H groups in total. The molecule has 0 aromatic carbocycles. The molecule has 1 aliphatic heterocycles. The number of aliphatic hydroxyl groups is 3. The standard InChI is InChI=1S/C12H20N4O7.Na.H/c1-4(18)15-8-5(16-12(13)14)2-7(11(21)22)23-10(8)9(20)6(19)3-17;;/h2,5-6,8-10,17,19-20H,3H2,1H3,(H,15,18)(H,21,22)(H4,13,14,16);;/q;+1;-1/t5-,6?,8+,9?,10+;;/m0../s1. The number of ether oxygens (including phenoxy) is 1. The van der Waals surface area contributed by atoms with E-state index < -0.39 is 54.6 Å². The van der Waals surface area contributed by atoms with Crippen molar-refractivity contribution < 1.29 is 65.7 Å². The maximum Gasteiger partial charge on any atom is 1.00 e. The minimum Gasteiger partial charge on any atom is -1.00 e. The van der Waals surface area contributed by atoms with E-state index in [1.165, 1.54) is 6.92 Å². The molecular formula is C12H21N4NaO7. The fourth-order valence-corrected chi connectivity index (χ4v) is 2.14. The first kappa shape index (κ1) is 22.6. The first-order valence-electron chi connectivity index (χ1n) is 6.62. The van der Waals surface area contributed by atoms with Gasteiger partial charge in [0.25, 0.3) is 0 Å². The monoisotopic (exact) mass is 356 g/mol. The zero-order valence-corrected chi connectivity index (χ0v) is 15.3. The van der Waals surface area contributed by atoms with Gasteiger partial charge in [0.15, 0.2) is 5.96 Å². The van der Waals surface area contributed by atoms with Crippen LogP contribution in [0.5, 0.6) is 0 Å². The van der Waals surface area contributed by atoms with Gasteiger partial charge in [0.1, 0.15) is 18.3 Å². The zero-order valence-electron chi connectivity index (χ0n) is 14.3. The predicted octanol–water partition coefficient (Wildman–Crippen LogP) is -6.67. The van der Waals surface area contributed by atoms with Gasteiger partial charge in [-0.1, -0.05) is 0 Å². The van der Waals surface area contributed by atoms with E-state index in [1.807, 2.05) is 0 Å². The van der Waals surface area contributed by atoms with Crippen LogP contribution < -0.4 is 46.3 Å². The number of carbonyl (C=O) groups excluding carboxylic acids is 1. The van der Waals surface area contributed by atoms with Crippen LogP contribution >= 0.6 is 0 Å². The van der Waals surface area contributed by atoms with Crippen LogP contribution in [0.2, 0.25) is 0 Å². The van der Waals surface area contributed by atoms with E-state index in [-0.39, 0.29) is 36.9 Å². The number of carbonyl (C=O) groups is 2. The van der Waals surface area contributed by atoms with Gasteiger partial charge in [-0.05, 0) is 6.08 Å². The van der Waals surface area contributed by atoms with Crippen LogP contribution in [0.3, 0.4) is 0 Å². The third-order valence-corrected chi connectivity index (χ3v) is 3.10. The molecule has 1 aliphatic rings. The van der Waals surface area contributed by atoms with E-state index in [9.17, 15) is 19.8 Å². The van der Waals surface area contributed by atoms with Gasteiger partial charge in [0, 0.05) is 6.92 Å². The number of carboxylic acids is 1. The average molecular weight is 356 g/mol. The summed E-state index contributed by atoms with van der Waals surface area (Å²) in [5, 5.41) is 40.1. The van der Waals surface area contributed by atoms with Crippen molar-refractivity contribution in [1.29, 1.82) is 0 Å². The SMILES string of the molecule is CC(=O)N[C@@H]1[C@@H](N=C(N)N)C=C(C(=O)O)O[C@H]1C(O)C(O)CO.[H-].[Na+]. The van der Waals surface area contributed by atoms with Gasteiger partial charge in [0.05, 0.1) is 18.7 Å². The van der Waals surface area contributed by atoms with Crippen LogP contribution in [0.4, 0.5) is 0 Å². The number of hydrogen-bond acceptors (Lipinski definition) is 7. The number of carboxylic acid groups (broad SMARTS) is 1. The molecule has 0 spiro atoms. The quantitative estimate of drug-likeness (QED) is 0.137. The molecule has 0 fully saturated rings. The Balaban J connectivity index is 0. The van der Waals surface area contributed by atoms with Gasteiger partial charge in [-0.2, -0.15) is 0 Å². The smallest absolute Gasteiger partial charge is 1.00 e. The van der Waals surface area contributed by atoms with Gasteiger partial charge in [-0.3, -0.25) is 4.79 Å². The number of rotatable bonds is 6. The molecule has 1 rings (SSSR count). The molecule has 1 amide bonds. The first-order chi connectivity index (χ1) is 10.7. The second-order valence-electron chi connectivity index (χ2n) is 4.93. The normalized spacial score (nSPS) is 25.2. The number of nitrogens with one attached hydrogen (secondary N) is 1. The van der Waals surface area contributed by atoms with E-state index in [0.717, 1.165) is 6.08 Å². The predicted molar refractivity (Wildman–Crippen MR) is 78.0 cm³/mol. The summed E-state index contributed by atoms with van der Waals surface area (Å²) >= 11 is 0. The number of aliphatic hydroxyl groups excluding tert-OH is 3. The van der Waals surface area contributed by atoms with Crippen molar-refractivity contribution >= 4 is 17.8 Å². The second-order valence-corrected chi connectivity index (χ2v) is 4.93. The molecule has 0 saturated heterocycles. The molecule has 0 aromatic rings. The first-order valence-corrected chi connectivity index (χ1v) is 6.62. The van der Waals surface area contributed by atoms with Crippen molar-refractivity contribution in [2.24, 2.45) is 16.5 Å². The summed E-state index contributed by atoms with van der Waals surface area (Å²) in [6.07, 6.45) is -3.65. The van der Waals surface area contributed by atoms with Gasteiger partial charge >= 0.3 is 35.5 Å². The molecular weight excluding hydrogens is 335 g/mol. The zero-order chi connectivity index (χ0) is 17.7. The van der Waals surface area contributed by atoms with E-state index in [0.29, 0.717) is 0 Å². The Morgan fingerprint density at radius 3 is 2.46 bits per heavy atom. The Morgan fingerprint density at radius 1 is 1.46 bits per heavy atom. The Bertz CT molecular complexity index is 530. The topological polar surface area (TPSA) is 201 Å². The molecule has 5 atom stereocenters. The molecule has 0 aliphatic carbocycles. The number of aliphatic carboxylic acids is 1. The Morgan fingerprint density at radius 2 is 2.04 bits per heavy atom. The van der Waals surface area contributed by atoms with Crippen molar-refractivity contribution in [2.45, 2.75) is 37.3 Å².